The van der Waals surface area contributed by atoms with E-state index in [2.05, 4.69) is 22.2 Å². The predicted octanol–water partition coefficient (Wildman–Crippen LogP) is 5.51. The van der Waals surface area contributed by atoms with Gasteiger partial charge in [-0.25, -0.2) is 19.5 Å². The summed E-state index contributed by atoms with van der Waals surface area (Å²) in [5.74, 6) is 1.70. The molecule has 6 nitrogen and oxygen atoms in total. The summed E-state index contributed by atoms with van der Waals surface area (Å²) in [5, 5.41) is 6.02. The fraction of sp³-hybridized carbons (Fsp3) is 0.167. The second-order valence-electron chi connectivity index (χ2n) is 7.94. The third-order valence-corrected chi connectivity index (χ3v) is 6.37. The van der Waals surface area contributed by atoms with E-state index >= 15 is 0 Å². The minimum atomic E-state index is 0.387. The van der Waals surface area contributed by atoms with Crippen molar-refractivity contribution in [3.8, 4) is 22.5 Å². The molecule has 31 heavy (non-hydrogen) atoms. The predicted molar refractivity (Wildman–Crippen MR) is 123 cm³/mol. The van der Waals surface area contributed by atoms with Crippen molar-refractivity contribution in [2.24, 2.45) is 0 Å². The number of nitrogen functional groups attached to an aromatic ring is 1. The number of hydrogen-bond acceptors (Lipinski definition) is 5. The average Bonchev–Trinajstić information content (AvgIpc) is 3.12. The quantitative estimate of drug-likeness (QED) is 0.411. The highest BCUT2D eigenvalue weighted by molar-refractivity contribution is 6.34. The van der Waals surface area contributed by atoms with E-state index in [0.29, 0.717) is 28.0 Å². The van der Waals surface area contributed by atoms with E-state index in [0.717, 1.165) is 46.4 Å². The normalized spacial score (nSPS) is 14.2. The van der Waals surface area contributed by atoms with Gasteiger partial charge in [0.15, 0.2) is 5.82 Å². The van der Waals surface area contributed by atoms with Gasteiger partial charge < -0.3 is 5.73 Å². The van der Waals surface area contributed by atoms with Gasteiger partial charge in [-0.15, -0.1) is 0 Å². The van der Waals surface area contributed by atoms with Crippen LogP contribution in [0.4, 0.5) is 5.82 Å². The molecular weight excluding hydrogens is 408 g/mol. The van der Waals surface area contributed by atoms with E-state index < -0.39 is 0 Å². The van der Waals surface area contributed by atoms with Gasteiger partial charge in [0.2, 0.25) is 0 Å². The summed E-state index contributed by atoms with van der Waals surface area (Å²) in [5.41, 5.74) is 11.3. The monoisotopic (exact) mass is 426 g/mol. The molecule has 1 fully saturated rings. The molecule has 7 heteroatoms. The van der Waals surface area contributed by atoms with Gasteiger partial charge in [0, 0.05) is 22.4 Å². The van der Waals surface area contributed by atoms with Crippen LogP contribution >= 0.6 is 11.6 Å². The zero-order valence-corrected chi connectivity index (χ0v) is 17.4. The molecule has 3 aromatic heterocycles. The Morgan fingerprint density at radius 3 is 2.61 bits per heavy atom. The summed E-state index contributed by atoms with van der Waals surface area (Å²) in [6.45, 7) is 0. The number of halogens is 1. The van der Waals surface area contributed by atoms with Crippen molar-refractivity contribution in [2.75, 3.05) is 5.73 Å². The molecule has 0 unspecified atom stereocenters. The summed E-state index contributed by atoms with van der Waals surface area (Å²) < 4.78 is 1.83. The number of imidazole rings is 1. The number of fused-ring (bicyclic) bond motifs is 2. The molecule has 0 bridgehead atoms. The molecule has 1 saturated carbocycles. The van der Waals surface area contributed by atoms with Crippen LogP contribution in [0.2, 0.25) is 5.02 Å². The third-order valence-electron chi connectivity index (χ3n) is 6.06. The van der Waals surface area contributed by atoms with Crippen molar-refractivity contribution in [1.29, 1.82) is 0 Å². The number of rotatable bonds is 3. The van der Waals surface area contributed by atoms with Gasteiger partial charge in [0.05, 0.1) is 16.2 Å². The Labute approximate surface area is 183 Å². The first-order chi connectivity index (χ1) is 15.2. The number of benzene rings is 2. The highest BCUT2D eigenvalue weighted by Gasteiger charge is 2.28. The molecule has 0 spiro atoms. The zero-order valence-electron chi connectivity index (χ0n) is 16.7. The minimum absolute atomic E-state index is 0.387. The molecular formula is C24H19ClN6. The van der Waals surface area contributed by atoms with Crippen LogP contribution in [-0.2, 0) is 0 Å². The van der Waals surface area contributed by atoms with Crippen LogP contribution in [0, 0.1) is 0 Å². The van der Waals surface area contributed by atoms with Crippen molar-refractivity contribution in [1.82, 2.24) is 24.6 Å². The van der Waals surface area contributed by atoms with E-state index in [1.54, 1.807) is 0 Å². The van der Waals surface area contributed by atoms with Crippen molar-refractivity contribution >= 4 is 33.8 Å². The molecule has 2 N–H and O–H groups in total. The third kappa shape index (κ3) is 2.94. The van der Waals surface area contributed by atoms with E-state index in [4.69, 9.17) is 27.3 Å². The van der Waals surface area contributed by atoms with Crippen LogP contribution < -0.4 is 5.73 Å². The molecule has 0 amide bonds. The van der Waals surface area contributed by atoms with Crippen molar-refractivity contribution in [3.63, 3.8) is 0 Å². The zero-order chi connectivity index (χ0) is 20.9. The number of aromatic nitrogens is 5. The molecule has 152 valence electrons. The average molecular weight is 427 g/mol. The number of pyridine rings is 1. The summed E-state index contributed by atoms with van der Waals surface area (Å²) in [6, 6.07) is 18.1. The van der Waals surface area contributed by atoms with Crippen LogP contribution in [0.3, 0.4) is 0 Å². The van der Waals surface area contributed by atoms with Crippen LogP contribution in [0.5, 0.6) is 0 Å². The number of nitrogens with zero attached hydrogens (tertiary/aromatic N) is 5. The lowest BCUT2D eigenvalue weighted by Crippen LogP contribution is -2.14. The Bertz CT molecular complexity index is 1440. The van der Waals surface area contributed by atoms with Crippen LogP contribution in [-0.4, -0.2) is 24.6 Å². The van der Waals surface area contributed by atoms with E-state index in [-0.39, 0.29) is 0 Å². The van der Waals surface area contributed by atoms with Gasteiger partial charge in [-0.2, -0.15) is 5.10 Å². The molecule has 6 rings (SSSR count). The van der Waals surface area contributed by atoms with E-state index in [1.165, 1.54) is 12.7 Å². The van der Waals surface area contributed by atoms with Gasteiger partial charge in [-0.05, 0) is 31.0 Å². The summed E-state index contributed by atoms with van der Waals surface area (Å²) >= 11 is 6.73. The van der Waals surface area contributed by atoms with Crippen molar-refractivity contribution in [2.45, 2.75) is 25.2 Å². The summed E-state index contributed by atoms with van der Waals surface area (Å²) in [4.78, 5) is 14.1. The highest BCUT2D eigenvalue weighted by Crippen LogP contribution is 2.41. The second-order valence-corrected chi connectivity index (χ2v) is 8.35. The Morgan fingerprint density at radius 2 is 1.84 bits per heavy atom. The highest BCUT2D eigenvalue weighted by atomic mass is 35.5. The Kier molecular flexibility index (Phi) is 4.14. The molecule has 5 aromatic rings. The molecule has 0 aliphatic heterocycles. The van der Waals surface area contributed by atoms with Gasteiger partial charge in [0.1, 0.15) is 23.4 Å². The molecule has 1 aliphatic rings. The van der Waals surface area contributed by atoms with Gasteiger partial charge in [0.25, 0.3) is 0 Å². The maximum atomic E-state index is 6.73. The molecule has 0 saturated heterocycles. The fourth-order valence-electron chi connectivity index (χ4n) is 4.19. The smallest absolute Gasteiger partial charge is 0.153 e. The second kappa shape index (κ2) is 7.03. The molecule has 0 radical (unpaired) electrons. The molecule has 0 atom stereocenters. The summed E-state index contributed by atoms with van der Waals surface area (Å²) in [6.07, 6.45) is 4.90. The van der Waals surface area contributed by atoms with Gasteiger partial charge >= 0.3 is 0 Å². The number of nitrogens with two attached hydrogens (primary N) is 1. The van der Waals surface area contributed by atoms with Crippen LogP contribution in [0.15, 0.2) is 60.9 Å². The number of anilines is 1. The van der Waals surface area contributed by atoms with E-state index in [1.807, 2.05) is 47.0 Å². The Morgan fingerprint density at radius 1 is 1.00 bits per heavy atom. The lowest BCUT2D eigenvalue weighted by molar-refractivity contribution is 0.396. The first-order valence-corrected chi connectivity index (χ1v) is 10.7. The maximum absolute atomic E-state index is 6.73. The number of hydrogen-bond donors (Lipinski definition) is 1. The molecule has 1 aliphatic carbocycles. The largest absolute Gasteiger partial charge is 0.382 e. The SMILES string of the molecule is Nc1ncnn2c(C3CCC3)nc(-c3cc4nc(-c5ccccc5)ccc4cc3Cl)c12. The van der Waals surface area contributed by atoms with Crippen molar-refractivity contribution in [3.05, 3.63) is 71.8 Å². The minimum Gasteiger partial charge on any atom is -0.382 e. The van der Waals surface area contributed by atoms with Crippen LogP contribution in [0.1, 0.15) is 31.0 Å². The van der Waals surface area contributed by atoms with Crippen LogP contribution in [0.25, 0.3) is 38.9 Å². The van der Waals surface area contributed by atoms with Gasteiger partial charge in [-0.3, -0.25) is 0 Å². The van der Waals surface area contributed by atoms with Crippen molar-refractivity contribution < 1.29 is 0 Å². The summed E-state index contributed by atoms with van der Waals surface area (Å²) in [7, 11) is 0. The lowest BCUT2D eigenvalue weighted by Gasteiger charge is -2.23. The topological polar surface area (TPSA) is 82.0 Å². The standard InChI is InChI=1S/C24H19ClN6/c25-18-11-16-9-10-19(14-5-2-1-3-6-14)29-20(16)12-17(18)21-22-23(26)27-13-28-31(22)24(30-21)15-7-4-8-15/h1-3,5-6,9-13,15H,4,7-8H2,(H2,26,27,28). The molecule has 3 heterocycles. The fourth-order valence-corrected chi connectivity index (χ4v) is 4.45. The van der Waals surface area contributed by atoms with E-state index in [9.17, 15) is 0 Å². The first kappa shape index (κ1) is 18.3. The maximum Gasteiger partial charge on any atom is 0.153 e. The Balaban J connectivity index is 1.57. The van der Waals surface area contributed by atoms with Gasteiger partial charge in [-0.1, -0.05) is 54.4 Å². The Hall–Kier alpha value is -3.51. The lowest BCUT2D eigenvalue weighted by atomic mass is 9.85. The first-order valence-electron chi connectivity index (χ1n) is 10.3. The molecule has 2 aromatic carbocycles.